The molecular formula is C46H29NO. The molecule has 48 heavy (non-hydrogen) atoms. The van der Waals surface area contributed by atoms with E-state index in [9.17, 15) is 0 Å². The summed E-state index contributed by atoms with van der Waals surface area (Å²) in [5.41, 5.74) is 7.39. The highest BCUT2D eigenvalue weighted by Crippen LogP contribution is 2.45. The highest BCUT2D eigenvalue weighted by atomic mass is 16.3. The van der Waals surface area contributed by atoms with Gasteiger partial charge in [-0.3, -0.25) is 0 Å². The Kier molecular flexibility index (Phi) is 5.91. The summed E-state index contributed by atoms with van der Waals surface area (Å²) in [6.07, 6.45) is 0. The van der Waals surface area contributed by atoms with Gasteiger partial charge in [-0.1, -0.05) is 133 Å². The summed E-state index contributed by atoms with van der Waals surface area (Å²) < 4.78 is 6.60. The Bertz CT molecular complexity index is 2850. The molecule has 224 valence electrons. The van der Waals surface area contributed by atoms with Gasteiger partial charge in [-0.05, 0) is 85.2 Å². The molecule has 0 bridgehead atoms. The van der Waals surface area contributed by atoms with Crippen molar-refractivity contribution in [2.45, 2.75) is 0 Å². The van der Waals surface area contributed by atoms with E-state index in [0.717, 1.165) is 39.0 Å². The first-order chi connectivity index (χ1) is 23.8. The van der Waals surface area contributed by atoms with Crippen LogP contribution in [0.5, 0.6) is 0 Å². The topological polar surface area (TPSA) is 16.4 Å². The molecule has 0 spiro atoms. The Balaban J connectivity index is 1.27. The number of nitrogens with zero attached hydrogens (tertiary/aromatic N) is 1. The van der Waals surface area contributed by atoms with Crippen LogP contribution in [0.2, 0.25) is 0 Å². The summed E-state index contributed by atoms with van der Waals surface area (Å²) in [6, 6.07) is 63.3. The number of benzene rings is 9. The van der Waals surface area contributed by atoms with Crippen molar-refractivity contribution >= 4 is 82.1 Å². The maximum absolute atomic E-state index is 6.60. The van der Waals surface area contributed by atoms with Crippen LogP contribution in [-0.2, 0) is 0 Å². The fraction of sp³-hybridized carbons (Fsp3) is 0. The lowest BCUT2D eigenvalue weighted by Crippen LogP contribution is -2.10. The average molecular weight is 612 g/mol. The van der Waals surface area contributed by atoms with Crippen molar-refractivity contribution in [3.8, 4) is 11.1 Å². The fourth-order valence-electron chi connectivity index (χ4n) is 7.60. The molecule has 10 aromatic rings. The Morgan fingerprint density at radius 2 is 0.958 bits per heavy atom. The van der Waals surface area contributed by atoms with Gasteiger partial charge in [-0.2, -0.15) is 0 Å². The van der Waals surface area contributed by atoms with Gasteiger partial charge in [-0.25, -0.2) is 0 Å². The summed E-state index contributed by atoms with van der Waals surface area (Å²) in [5, 5.41) is 12.2. The van der Waals surface area contributed by atoms with E-state index in [2.05, 4.69) is 181 Å². The van der Waals surface area contributed by atoms with Crippen molar-refractivity contribution < 1.29 is 4.42 Å². The van der Waals surface area contributed by atoms with Gasteiger partial charge in [0.2, 0.25) is 0 Å². The normalized spacial score (nSPS) is 11.8. The Morgan fingerprint density at radius 3 is 1.77 bits per heavy atom. The summed E-state index contributed by atoms with van der Waals surface area (Å²) in [7, 11) is 0. The molecule has 0 aliphatic heterocycles. The number of hydrogen-bond acceptors (Lipinski definition) is 2. The largest absolute Gasteiger partial charge is 0.456 e. The summed E-state index contributed by atoms with van der Waals surface area (Å²) in [4.78, 5) is 2.40. The predicted octanol–water partition coefficient (Wildman–Crippen LogP) is 13.3. The molecular weight excluding hydrogens is 583 g/mol. The predicted molar refractivity (Wildman–Crippen MR) is 204 cm³/mol. The van der Waals surface area contributed by atoms with E-state index in [1.165, 1.54) is 54.2 Å². The Hall–Kier alpha value is -6.38. The summed E-state index contributed by atoms with van der Waals surface area (Å²) in [6.45, 7) is 0. The van der Waals surface area contributed by atoms with Crippen molar-refractivity contribution in [2.75, 3.05) is 4.90 Å². The molecule has 0 fully saturated rings. The van der Waals surface area contributed by atoms with Gasteiger partial charge in [0.15, 0.2) is 0 Å². The number of fused-ring (bicyclic) bond motifs is 10. The number of hydrogen-bond donors (Lipinski definition) is 0. The molecule has 0 saturated heterocycles. The second-order valence-electron chi connectivity index (χ2n) is 12.5. The van der Waals surface area contributed by atoms with E-state index in [1.54, 1.807) is 0 Å². The van der Waals surface area contributed by atoms with Crippen LogP contribution in [0.4, 0.5) is 17.1 Å². The summed E-state index contributed by atoms with van der Waals surface area (Å²) >= 11 is 0. The lowest BCUT2D eigenvalue weighted by molar-refractivity contribution is 0.669. The SMILES string of the molecule is c1ccc(-c2cccc(N(c3ccc4c(c3)oc3ccc5ccccc5c34)c3cc4ccc5ccccc5c4c4ccccc34)c2)cc1. The third-order valence-electron chi connectivity index (χ3n) is 9.78. The van der Waals surface area contributed by atoms with Crippen LogP contribution in [0.1, 0.15) is 0 Å². The molecule has 2 nitrogen and oxygen atoms in total. The van der Waals surface area contributed by atoms with Crippen LogP contribution >= 0.6 is 0 Å². The molecule has 0 amide bonds. The molecule has 0 aliphatic carbocycles. The highest BCUT2D eigenvalue weighted by Gasteiger charge is 2.20. The van der Waals surface area contributed by atoms with Gasteiger partial charge in [-0.15, -0.1) is 0 Å². The minimum atomic E-state index is 0.874. The van der Waals surface area contributed by atoms with Crippen molar-refractivity contribution in [2.24, 2.45) is 0 Å². The first-order valence-corrected chi connectivity index (χ1v) is 16.4. The van der Waals surface area contributed by atoms with E-state index in [4.69, 9.17) is 4.42 Å². The van der Waals surface area contributed by atoms with Crippen LogP contribution in [-0.4, -0.2) is 0 Å². The lowest BCUT2D eigenvalue weighted by atomic mass is 9.94. The zero-order chi connectivity index (χ0) is 31.6. The monoisotopic (exact) mass is 611 g/mol. The van der Waals surface area contributed by atoms with Crippen LogP contribution < -0.4 is 4.90 Å². The van der Waals surface area contributed by atoms with Crippen molar-refractivity contribution in [3.05, 3.63) is 176 Å². The minimum absolute atomic E-state index is 0.874. The van der Waals surface area contributed by atoms with Gasteiger partial charge in [0.05, 0.1) is 5.69 Å². The zero-order valence-corrected chi connectivity index (χ0v) is 26.1. The molecule has 0 radical (unpaired) electrons. The van der Waals surface area contributed by atoms with Crippen LogP contribution in [0.25, 0.3) is 76.2 Å². The third-order valence-corrected chi connectivity index (χ3v) is 9.78. The molecule has 9 aromatic carbocycles. The standard InChI is InChI=1S/C46H29NO/c1-2-11-30(12-3-1)33-15-10-16-35(27-33)47(36-24-25-41-44(29-36)48-43-26-23-32-14-5-7-18-38(32)46(41)43)42-28-34-22-21-31-13-4-6-17-37(31)45(34)40-20-9-8-19-39(40)42/h1-29H. The fourth-order valence-corrected chi connectivity index (χ4v) is 7.60. The van der Waals surface area contributed by atoms with Crippen LogP contribution in [0.3, 0.4) is 0 Å². The quantitative estimate of drug-likeness (QED) is 0.184. The number of rotatable bonds is 4. The molecule has 0 atom stereocenters. The second-order valence-corrected chi connectivity index (χ2v) is 12.5. The van der Waals surface area contributed by atoms with Gasteiger partial charge in [0.25, 0.3) is 0 Å². The Labute approximate surface area is 277 Å². The number of anilines is 3. The minimum Gasteiger partial charge on any atom is -0.456 e. The van der Waals surface area contributed by atoms with Crippen LogP contribution in [0, 0.1) is 0 Å². The maximum Gasteiger partial charge on any atom is 0.137 e. The average Bonchev–Trinajstić information content (AvgIpc) is 3.54. The van der Waals surface area contributed by atoms with E-state index in [1.807, 2.05) is 0 Å². The molecule has 2 heteroatoms. The van der Waals surface area contributed by atoms with Gasteiger partial charge < -0.3 is 9.32 Å². The maximum atomic E-state index is 6.60. The first-order valence-electron chi connectivity index (χ1n) is 16.4. The van der Waals surface area contributed by atoms with Gasteiger partial charge in [0.1, 0.15) is 11.2 Å². The van der Waals surface area contributed by atoms with Crippen molar-refractivity contribution in [1.82, 2.24) is 0 Å². The molecule has 0 unspecified atom stereocenters. The molecule has 0 N–H and O–H groups in total. The molecule has 0 aliphatic rings. The van der Waals surface area contributed by atoms with E-state index >= 15 is 0 Å². The summed E-state index contributed by atoms with van der Waals surface area (Å²) in [5.74, 6) is 0. The Morgan fingerprint density at radius 1 is 0.333 bits per heavy atom. The first kappa shape index (κ1) is 26.8. The van der Waals surface area contributed by atoms with E-state index < -0.39 is 0 Å². The number of furan rings is 1. The van der Waals surface area contributed by atoms with E-state index in [0.29, 0.717) is 0 Å². The molecule has 0 saturated carbocycles. The molecule has 1 aromatic heterocycles. The lowest BCUT2D eigenvalue weighted by Gasteiger charge is -2.28. The van der Waals surface area contributed by atoms with Gasteiger partial charge >= 0.3 is 0 Å². The third kappa shape index (κ3) is 4.13. The van der Waals surface area contributed by atoms with Crippen LogP contribution in [0.15, 0.2) is 180 Å². The van der Waals surface area contributed by atoms with Crippen molar-refractivity contribution in [3.63, 3.8) is 0 Å². The van der Waals surface area contributed by atoms with Gasteiger partial charge in [0, 0.05) is 33.6 Å². The van der Waals surface area contributed by atoms with E-state index in [-0.39, 0.29) is 0 Å². The molecule has 10 rings (SSSR count). The second kappa shape index (κ2) is 10.6. The zero-order valence-electron chi connectivity index (χ0n) is 26.1. The molecule has 1 heterocycles. The van der Waals surface area contributed by atoms with Crippen molar-refractivity contribution in [1.29, 1.82) is 0 Å². The smallest absolute Gasteiger partial charge is 0.137 e. The highest BCUT2D eigenvalue weighted by molar-refractivity contribution is 6.24.